The van der Waals surface area contributed by atoms with Gasteiger partial charge in [0.15, 0.2) is 0 Å². The molecule has 7 heteroatoms. The average molecular weight is 274 g/mol. The monoisotopic (exact) mass is 274 g/mol. The largest absolute Gasteiger partial charge is 0.481 e. The number of carboxylic acid groups (broad SMARTS) is 1. The number of amides is 2. The third-order valence-electron chi connectivity index (χ3n) is 3.39. The smallest absolute Gasteiger partial charge is 0.318 e. The second kappa shape index (κ2) is 7.30. The van der Waals surface area contributed by atoms with Crippen molar-refractivity contribution in [3.63, 3.8) is 0 Å². The van der Waals surface area contributed by atoms with Crippen LogP contribution in [0, 0.1) is 0 Å². The summed E-state index contributed by atoms with van der Waals surface area (Å²) in [6, 6.07) is -0.341. The number of carboxylic acids is 1. The Kier molecular flexibility index (Phi) is 6.04. The van der Waals surface area contributed by atoms with Gasteiger partial charge in [-0.25, -0.2) is 4.79 Å². The van der Waals surface area contributed by atoms with Gasteiger partial charge in [-0.2, -0.15) is 0 Å². The molecule has 1 aliphatic carbocycles. The van der Waals surface area contributed by atoms with Gasteiger partial charge in [0.25, 0.3) is 0 Å². The van der Waals surface area contributed by atoms with Gasteiger partial charge in [0.05, 0.1) is 25.2 Å². The van der Waals surface area contributed by atoms with Crippen LogP contribution in [0.5, 0.6) is 0 Å². The van der Waals surface area contributed by atoms with Crippen LogP contribution in [0.15, 0.2) is 0 Å². The minimum absolute atomic E-state index is 0.0595. The number of hydrogen-bond acceptors (Lipinski definition) is 4. The van der Waals surface area contributed by atoms with Crippen molar-refractivity contribution in [1.82, 2.24) is 10.2 Å². The summed E-state index contributed by atoms with van der Waals surface area (Å²) in [6.07, 6.45) is 2.23. The molecule has 1 aliphatic rings. The number of nitrogens with one attached hydrogen (secondary N) is 1. The fourth-order valence-corrected chi connectivity index (χ4v) is 2.18. The molecule has 0 aromatic rings. The zero-order valence-electron chi connectivity index (χ0n) is 11.2. The van der Waals surface area contributed by atoms with Crippen LogP contribution in [0.4, 0.5) is 4.79 Å². The Balaban J connectivity index is 2.55. The molecule has 0 bridgehead atoms. The van der Waals surface area contributed by atoms with Gasteiger partial charge in [-0.1, -0.05) is 0 Å². The molecule has 19 heavy (non-hydrogen) atoms. The van der Waals surface area contributed by atoms with E-state index in [0.717, 1.165) is 6.42 Å². The minimum atomic E-state index is -0.911. The lowest BCUT2D eigenvalue weighted by atomic mass is 9.74. The Morgan fingerprint density at radius 2 is 2.05 bits per heavy atom. The molecule has 0 aromatic carbocycles. The number of rotatable bonds is 8. The van der Waals surface area contributed by atoms with Crippen LogP contribution in [-0.4, -0.2) is 66.1 Å². The van der Waals surface area contributed by atoms with Crippen molar-refractivity contribution in [2.75, 3.05) is 33.4 Å². The lowest BCUT2D eigenvalue weighted by Gasteiger charge is -2.42. The summed E-state index contributed by atoms with van der Waals surface area (Å²) < 4.78 is 4.91. The molecule has 2 amide bonds. The summed E-state index contributed by atoms with van der Waals surface area (Å²) >= 11 is 0. The van der Waals surface area contributed by atoms with E-state index in [1.54, 1.807) is 0 Å². The lowest BCUT2D eigenvalue weighted by molar-refractivity contribution is -0.139. The molecule has 0 saturated heterocycles. The molecule has 0 aliphatic heterocycles. The second-order valence-electron chi connectivity index (χ2n) is 4.84. The first-order chi connectivity index (χ1) is 9.03. The van der Waals surface area contributed by atoms with Crippen LogP contribution in [0.2, 0.25) is 0 Å². The van der Waals surface area contributed by atoms with E-state index >= 15 is 0 Å². The van der Waals surface area contributed by atoms with E-state index in [2.05, 4.69) is 5.32 Å². The summed E-state index contributed by atoms with van der Waals surface area (Å²) in [5.41, 5.74) is -0.621. The van der Waals surface area contributed by atoms with Crippen molar-refractivity contribution in [2.24, 2.45) is 0 Å². The Labute approximate surface area is 112 Å². The highest BCUT2D eigenvalue weighted by Crippen LogP contribution is 2.35. The number of aliphatic carboxylic acids is 1. The molecule has 0 aromatic heterocycles. The van der Waals surface area contributed by atoms with Crippen molar-refractivity contribution < 1.29 is 24.5 Å². The van der Waals surface area contributed by atoms with E-state index in [1.807, 2.05) is 0 Å². The van der Waals surface area contributed by atoms with E-state index in [1.165, 1.54) is 12.0 Å². The molecule has 0 radical (unpaired) electrons. The second-order valence-corrected chi connectivity index (χ2v) is 4.84. The molecule has 1 rings (SSSR count). The Morgan fingerprint density at radius 3 is 2.47 bits per heavy atom. The molecule has 1 saturated carbocycles. The first-order valence-electron chi connectivity index (χ1n) is 6.42. The van der Waals surface area contributed by atoms with Gasteiger partial charge in [0, 0.05) is 20.2 Å². The molecule has 1 fully saturated rings. The fourth-order valence-electron chi connectivity index (χ4n) is 2.18. The fraction of sp³-hybridized carbons (Fsp3) is 0.833. The number of carbonyl (C=O) groups excluding carboxylic acids is 1. The Hall–Kier alpha value is -1.34. The normalized spacial score (nSPS) is 16.5. The molecule has 0 unspecified atom stereocenters. The maximum absolute atomic E-state index is 12.1. The molecule has 0 spiro atoms. The Bertz CT molecular complexity index is 317. The van der Waals surface area contributed by atoms with Crippen LogP contribution >= 0.6 is 0 Å². The highest BCUT2D eigenvalue weighted by Gasteiger charge is 2.41. The predicted octanol–water partition coefficient (Wildman–Crippen LogP) is 0.0341. The van der Waals surface area contributed by atoms with Gasteiger partial charge in [0.1, 0.15) is 0 Å². The number of aliphatic hydroxyl groups is 1. The zero-order chi connectivity index (χ0) is 14.3. The lowest BCUT2D eigenvalue weighted by Crippen LogP contribution is -2.58. The molecule has 0 atom stereocenters. The van der Waals surface area contributed by atoms with Gasteiger partial charge in [-0.3, -0.25) is 4.79 Å². The highest BCUT2D eigenvalue weighted by molar-refractivity contribution is 5.77. The molecule has 110 valence electrons. The third kappa shape index (κ3) is 4.68. The van der Waals surface area contributed by atoms with Gasteiger partial charge in [0.2, 0.25) is 0 Å². The molecular weight excluding hydrogens is 252 g/mol. The summed E-state index contributed by atoms with van der Waals surface area (Å²) in [6.45, 7) is 0.812. The highest BCUT2D eigenvalue weighted by atomic mass is 16.5. The zero-order valence-corrected chi connectivity index (χ0v) is 11.2. The maximum Gasteiger partial charge on any atom is 0.318 e. The number of hydrogen-bond donors (Lipinski definition) is 3. The number of urea groups is 1. The molecular formula is C12H22N2O5. The number of nitrogens with zero attached hydrogens (tertiary/aromatic N) is 1. The van der Waals surface area contributed by atoms with Crippen LogP contribution in [-0.2, 0) is 9.53 Å². The first-order valence-corrected chi connectivity index (χ1v) is 6.42. The number of methoxy groups -OCH3 is 1. The third-order valence-corrected chi connectivity index (χ3v) is 3.39. The van der Waals surface area contributed by atoms with Gasteiger partial charge in [-0.15, -0.1) is 0 Å². The summed E-state index contributed by atoms with van der Waals surface area (Å²) in [7, 11) is 1.53. The van der Waals surface area contributed by atoms with E-state index in [0.29, 0.717) is 26.0 Å². The standard InChI is InChI=1S/C12H22N2O5/c1-19-8-6-14(5-7-15)11(18)13-12(3-2-4-12)9-10(16)17/h15H,2-9H2,1H3,(H,13,18)(H,16,17). The maximum atomic E-state index is 12.1. The van der Waals surface area contributed by atoms with Crippen LogP contribution < -0.4 is 5.32 Å². The number of aliphatic hydroxyl groups excluding tert-OH is 1. The van der Waals surface area contributed by atoms with E-state index < -0.39 is 11.5 Å². The quantitative estimate of drug-likeness (QED) is 0.580. The van der Waals surface area contributed by atoms with Crippen LogP contribution in [0.25, 0.3) is 0 Å². The molecule has 3 N–H and O–H groups in total. The number of ether oxygens (including phenoxy) is 1. The minimum Gasteiger partial charge on any atom is -0.481 e. The number of carbonyl (C=O) groups is 2. The van der Waals surface area contributed by atoms with Crippen molar-refractivity contribution in [3.8, 4) is 0 Å². The van der Waals surface area contributed by atoms with Crippen molar-refractivity contribution in [2.45, 2.75) is 31.2 Å². The first kappa shape index (κ1) is 15.7. The van der Waals surface area contributed by atoms with Crippen molar-refractivity contribution in [1.29, 1.82) is 0 Å². The molecule has 7 nitrogen and oxygen atoms in total. The van der Waals surface area contributed by atoms with E-state index in [-0.39, 0.29) is 25.6 Å². The average Bonchev–Trinajstić information content (AvgIpc) is 2.30. The predicted molar refractivity (Wildman–Crippen MR) is 67.9 cm³/mol. The van der Waals surface area contributed by atoms with E-state index in [9.17, 15) is 9.59 Å². The molecule has 0 heterocycles. The Morgan fingerprint density at radius 1 is 1.37 bits per heavy atom. The van der Waals surface area contributed by atoms with Gasteiger partial charge in [-0.05, 0) is 19.3 Å². The van der Waals surface area contributed by atoms with Crippen molar-refractivity contribution >= 4 is 12.0 Å². The van der Waals surface area contributed by atoms with E-state index in [4.69, 9.17) is 14.9 Å². The van der Waals surface area contributed by atoms with Gasteiger partial charge < -0.3 is 25.2 Å². The van der Waals surface area contributed by atoms with Crippen LogP contribution in [0.3, 0.4) is 0 Å². The van der Waals surface area contributed by atoms with Crippen LogP contribution in [0.1, 0.15) is 25.7 Å². The SMILES string of the molecule is COCCN(CCO)C(=O)NC1(CC(=O)O)CCC1. The summed E-state index contributed by atoms with van der Waals surface area (Å²) in [4.78, 5) is 24.4. The van der Waals surface area contributed by atoms with Crippen molar-refractivity contribution in [3.05, 3.63) is 0 Å². The van der Waals surface area contributed by atoms with Gasteiger partial charge >= 0.3 is 12.0 Å². The summed E-state index contributed by atoms with van der Waals surface area (Å²) in [5, 5.41) is 20.6. The topological polar surface area (TPSA) is 99.1 Å². The summed E-state index contributed by atoms with van der Waals surface area (Å²) in [5.74, 6) is -0.911.